The maximum Gasteiger partial charge on any atom is 0.238 e. The molecule has 30 heavy (non-hydrogen) atoms. The molecule has 2 aliphatic rings. The molecular weight excluding hydrogens is 420 g/mol. The van der Waals surface area contributed by atoms with Gasteiger partial charge in [-0.15, -0.1) is 11.8 Å². The number of fused-ring (bicyclic) bond motifs is 1. The summed E-state index contributed by atoms with van der Waals surface area (Å²) in [7, 11) is 0. The molecule has 0 bridgehead atoms. The smallest absolute Gasteiger partial charge is 0.238 e. The molecule has 5 nitrogen and oxygen atoms in total. The Labute approximate surface area is 184 Å². The van der Waals surface area contributed by atoms with Crippen molar-refractivity contribution >= 4 is 52.5 Å². The molecule has 1 saturated heterocycles. The lowest BCUT2D eigenvalue weighted by Gasteiger charge is -2.15. The van der Waals surface area contributed by atoms with Crippen LogP contribution in [0.1, 0.15) is 18.4 Å². The molecule has 7 heteroatoms. The van der Waals surface area contributed by atoms with Crippen LogP contribution in [-0.4, -0.2) is 23.5 Å². The summed E-state index contributed by atoms with van der Waals surface area (Å²) >= 11 is 7.47. The molecule has 2 aromatic carbocycles. The van der Waals surface area contributed by atoms with E-state index in [4.69, 9.17) is 11.6 Å². The Morgan fingerprint density at radius 1 is 1.07 bits per heavy atom. The van der Waals surface area contributed by atoms with Gasteiger partial charge in [0.2, 0.25) is 17.7 Å². The normalized spacial score (nSPS) is 20.4. The van der Waals surface area contributed by atoms with E-state index in [0.717, 1.165) is 10.5 Å². The number of hydrogen-bond donors (Lipinski definition) is 1. The van der Waals surface area contributed by atoms with E-state index in [9.17, 15) is 14.4 Å². The van der Waals surface area contributed by atoms with Crippen LogP contribution in [0.2, 0.25) is 5.02 Å². The fourth-order valence-corrected chi connectivity index (χ4v) is 4.64. The van der Waals surface area contributed by atoms with Crippen molar-refractivity contribution in [2.24, 2.45) is 11.8 Å². The van der Waals surface area contributed by atoms with Crippen molar-refractivity contribution in [1.82, 2.24) is 0 Å². The third kappa shape index (κ3) is 4.16. The van der Waals surface area contributed by atoms with Gasteiger partial charge < -0.3 is 5.32 Å². The second-order valence-corrected chi connectivity index (χ2v) is 8.92. The van der Waals surface area contributed by atoms with Crippen LogP contribution in [0.4, 0.5) is 11.4 Å². The number of thioether (sulfide) groups is 1. The Kier molecular flexibility index (Phi) is 5.97. The molecule has 154 valence electrons. The number of halogens is 1. The SMILES string of the molecule is Cc1ccc(NC(=O)CSc2ccc(N3C(=O)[C@@H]4CC=CC[C@H]4C3=O)cc2)cc1Cl. The first kappa shape index (κ1) is 20.7. The number of carbonyl (C=O) groups is 3. The molecule has 4 rings (SSSR count). The van der Waals surface area contributed by atoms with Gasteiger partial charge in [-0.05, 0) is 61.7 Å². The largest absolute Gasteiger partial charge is 0.325 e. The van der Waals surface area contributed by atoms with Crippen LogP contribution < -0.4 is 10.2 Å². The lowest BCUT2D eigenvalue weighted by Crippen LogP contribution is -2.30. The molecule has 0 spiro atoms. The van der Waals surface area contributed by atoms with Gasteiger partial charge in [-0.2, -0.15) is 0 Å². The van der Waals surface area contributed by atoms with E-state index in [0.29, 0.717) is 29.2 Å². The predicted octanol–water partition coefficient (Wildman–Crippen LogP) is 4.83. The maximum atomic E-state index is 12.7. The van der Waals surface area contributed by atoms with Crippen LogP contribution in [0.15, 0.2) is 59.5 Å². The number of hydrogen-bond acceptors (Lipinski definition) is 4. The van der Waals surface area contributed by atoms with Crippen molar-refractivity contribution < 1.29 is 14.4 Å². The Hall–Kier alpha value is -2.57. The Morgan fingerprint density at radius 2 is 1.70 bits per heavy atom. The van der Waals surface area contributed by atoms with E-state index in [1.54, 1.807) is 18.2 Å². The van der Waals surface area contributed by atoms with E-state index >= 15 is 0 Å². The van der Waals surface area contributed by atoms with Gasteiger partial charge in [0, 0.05) is 15.6 Å². The highest BCUT2D eigenvalue weighted by molar-refractivity contribution is 8.00. The Bertz CT molecular complexity index is 1010. The van der Waals surface area contributed by atoms with Crippen LogP contribution in [0.5, 0.6) is 0 Å². The van der Waals surface area contributed by atoms with E-state index in [1.165, 1.54) is 16.7 Å². The number of anilines is 2. The molecule has 1 fully saturated rings. The fraction of sp³-hybridized carbons (Fsp3) is 0.261. The first-order chi connectivity index (χ1) is 14.4. The molecule has 2 aromatic rings. The third-order valence-corrected chi connectivity index (χ3v) is 6.85. The summed E-state index contributed by atoms with van der Waals surface area (Å²) in [4.78, 5) is 39.7. The van der Waals surface area contributed by atoms with Crippen molar-refractivity contribution in [2.75, 3.05) is 16.0 Å². The van der Waals surface area contributed by atoms with Gasteiger partial charge in [-0.3, -0.25) is 19.3 Å². The van der Waals surface area contributed by atoms with Crippen LogP contribution in [0, 0.1) is 18.8 Å². The van der Waals surface area contributed by atoms with E-state index < -0.39 is 0 Å². The van der Waals surface area contributed by atoms with Crippen molar-refractivity contribution in [3.8, 4) is 0 Å². The molecule has 1 aliphatic heterocycles. The molecule has 1 heterocycles. The van der Waals surface area contributed by atoms with Gasteiger partial charge >= 0.3 is 0 Å². The molecule has 0 unspecified atom stereocenters. The Balaban J connectivity index is 1.36. The van der Waals surface area contributed by atoms with Crippen molar-refractivity contribution in [1.29, 1.82) is 0 Å². The number of nitrogens with zero attached hydrogens (tertiary/aromatic N) is 1. The topological polar surface area (TPSA) is 66.5 Å². The van der Waals surface area contributed by atoms with E-state index in [1.807, 2.05) is 43.3 Å². The minimum atomic E-state index is -0.240. The maximum absolute atomic E-state index is 12.7. The van der Waals surface area contributed by atoms with Crippen molar-refractivity contribution in [3.05, 3.63) is 65.2 Å². The monoisotopic (exact) mass is 440 g/mol. The van der Waals surface area contributed by atoms with Crippen LogP contribution in [0.25, 0.3) is 0 Å². The van der Waals surface area contributed by atoms with Gasteiger partial charge in [0.25, 0.3) is 0 Å². The lowest BCUT2D eigenvalue weighted by atomic mass is 9.85. The quantitative estimate of drug-likeness (QED) is 0.410. The highest BCUT2D eigenvalue weighted by Crippen LogP contribution is 2.38. The van der Waals surface area contributed by atoms with E-state index in [-0.39, 0.29) is 35.3 Å². The van der Waals surface area contributed by atoms with E-state index in [2.05, 4.69) is 5.32 Å². The lowest BCUT2D eigenvalue weighted by molar-refractivity contribution is -0.122. The summed E-state index contributed by atoms with van der Waals surface area (Å²) in [5, 5.41) is 3.44. The number of allylic oxidation sites excluding steroid dienone is 2. The molecule has 0 aromatic heterocycles. The average Bonchev–Trinajstić information content (AvgIpc) is 3.00. The minimum Gasteiger partial charge on any atom is -0.325 e. The highest BCUT2D eigenvalue weighted by atomic mass is 35.5. The summed E-state index contributed by atoms with van der Waals surface area (Å²) in [6.07, 6.45) is 5.21. The van der Waals surface area contributed by atoms with Crippen molar-refractivity contribution in [2.45, 2.75) is 24.7 Å². The zero-order chi connectivity index (χ0) is 21.3. The molecule has 1 aliphatic carbocycles. The van der Waals surface area contributed by atoms with Gasteiger partial charge in [0.1, 0.15) is 0 Å². The van der Waals surface area contributed by atoms with Crippen LogP contribution in [0.3, 0.4) is 0 Å². The molecule has 0 radical (unpaired) electrons. The molecule has 2 atom stereocenters. The molecule has 1 N–H and O–H groups in total. The zero-order valence-electron chi connectivity index (χ0n) is 16.4. The number of amides is 3. The molecular formula is C23H21ClN2O3S. The number of benzene rings is 2. The van der Waals surface area contributed by atoms with Gasteiger partial charge in [-0.1, -0.05) is 29.8 Å². The Morgan fingerprint density at radius 3 is 2.30 bits per heavy atom. The summed E-state index contributed by atoms with van der Waals surface area (Å²) in [6.45, 7) is 1.90. The van der Waals surface area contributed by atoms with Crippen molar-refractivity contribution in [3.63, 3.8) is 0 Å². The summed E-state index contributed by atoms with van der Waals surface area (Å²) in [5.41, 5.74) is 2.20. The predicted molar refractivity (Wildman–Crippen MR) is 120 cm³/mol. The first-order valence-corrected chi connectivity index (χ1v) is 11.1. The second kappa shape index (κ2) is 8.66. The zero-order valence-corrected chi connectivity index (χ0v) is 18.0. The highest BCUT2D eigenvalue weighted by Gasteiger charge is 2.47. The van der Waals surface area contributed by atoms with Gasteiger partial charge in [0.05, 0.1) is 23.3 Å². The summed E-state index contributed by atoms with van der Waals surface area (Å²) in [5.74, 6) is -0.615. The summed E-state index contributed by atoms with van der Waals surface area (Å²) in [6, 6.07) is 12.6. The minimum absolute atomic E-state index is 0.120. The molecule has 0 saturated carbocycles. The second-order valence-electron chi connectivity index (χ2n) is 7.46. The van der Waals surface area contributed by atoms with Gasteiger partial charge in [-0.25, -0.2) is 0 Å². The number of carbonyl (C=O) groups excluding carboxylic acids is 3. The van der Waals surface area contributed by atoms with Gasteiger partial charge in [0.15, 0.2) is 0 Å². The fourth-order valence-electron chi connectivity index (χ4n) is 3.76. The number of aryl methyl sites for hydroxylation is 1. The summed E-state index contributed by atoms with van der Waals surface area (Å²) < 4.78 is 0. The molecule has 3 amide bonds. The van der Waals surface area contributed by atoms with Crippen LogP contribution >= 0.6 is 23.4 Å². The third-order valence-electron chi connectivity index (χ3n) is 5.43. The first-order valence-electron chi connectivity index (χ1n) is 9.75. The van der Waals surface area contributed by atoms with Crippen LogP contribution in [-0.2, 0) is 14.4 Å². The number of rotatable bonds is 5. The number of nitrogens with one attached hydrogen (secondary N) is 1. The standard InChI is InChI=1S/C23H21ClN2O3S/c1-14-6-7-15(12-20(14)24)25-21(27)13-30-17-10-8-16(9-11-17)26-22(28)18-4-2-3-5-19(18)23(26)29/h2-3,6-12,18-19H,4-5,13H2,1H3,(H,25,27)/t18-,19-/m1/s1. The number of imide groups is 1. The average molecular weight is 441 g/mol.